The zero-order valence-electron chi connectivity index (χ0n) is 20.2. The molecule has 2 aromatic carbocycles. The lowest BCUT2D eigenvalue weighted by Gasteiger charge is -2.31. The van der Waals surface area contributed by atoms with E-state index in [2.05, 4.69) is 10.6 Å². The van der Waals surface area contributed by atoms with Crippen LogP contribution in [0.1, 0.15) is 61.0 Å². The molecule has 6 nitrogen and oxygen atoms in total. The number of carbonyl (C=O) groups excluding carboxylic acids is 3. The minimum Gasteiger partial charge on any atom is -0.354 e. The lowest BCUT2D eigenvalue weighted by molar-refractivity contribution is -0.132. The fourth-order valence-electron chi connectivity index (χ4n) is 4.86. The molecular formula is C27H33N3O3S. The number of carbonyl (C=O) groups is 3. The molecule has 0 aromatic heterocycles. The average molecular weight is 480 g/mol. The summed E-state index contributed by atoms with van der Waals surface area (Å²) in [5.41, 5.74) is 2.76. The second-order valence-electron chi connectivity index (χ2n) is 9.99. The predicted molar refractivity (Wildman–Crippen MR) is 135 cm³/mol. The zero-order chi connectivity index (χ0) is 24.5. The zero-order valence-corrected chi connectivity index (χ0v) is 21.0. The van der Waals surface area contributed by atoms with Crippen LogP contribution in [0.3, 0.4) is 0 Å². The Kier molecular flexibility index (Phi) is 7.03. The van der Waals surface area contributed by atoms with Gasteiger partial charge in [0.05, 0.1) is 0 Å². The van der Waals surface area contributed by atoms with Gasteiger partial charge < -0.3 is 15.5 Å². The summed E-state index contributed by atoms with van der Waals surface area (Å²) in [5.74, 6) is -0.354. The third-order valence-corrected chi connectivity index (χ3v) is 7.98. The normalized spacial score (nSPS) is 21.2. The Morgan fingerprint density at radius 3 is 2.44 bits per heavy atom. The molecular weight excluding hydrogens is 446 g/mol. The Hall–Kier alpha value is -2.80. The molecule has 0 bridgehead atoms. The molecule has 0 saturated carbocycles. The minimum absolute atomic E-state index is 0.119. The number of amides is 3. The lowest BCUT2D eigenvalue weighted by atomic mass is 9.98. The molecule has 7 heteroatoms. The van der Waals surface area contributed by atoms with Crippen molar-refractivity contribution < 1.29 is 14.4 Å². The summed E-state index contributed by atoms with van der Waals surface area (Å²) in [4.78, 5) is 41.5. The van der Waals surface area contributed by atoms with Crippen LogP contribution in [0.2, 0.25) is 0 Å². The highest BCUT2D eigenvalue weighted by Gasteiger charge is 2.57. The summed E-state index contributed by atoms with van der Waals surface area (Å²) in [6, 6.07) is 16.2. The molecule has 34 heavy (non-hydrogen) atoms. The van der Waals surface area contributed by atoms with Gasteiger partial charge in [0.2, 0.25) is 11.8 Å². The van der Waals surface area contributed by atoms with Gasteiger partial charge in [0.1, 0.15) is 17.5 Å². The first-order valence-corrected chi connectivity index (χ1v) is 12.8. The van der Waals surface area contributed by atoms with Crippen LogP contribution in [0.4, 0.5) is 0 Å². The number of hydrogen-bond acceptors (Lipinski definition) is 4. The second kappa shape index (κ2) is 9.82. The first-order chi connectivity index (χ1) is 16.2. The number of fused-ring (bicyclic) bond motifs is 3. The summed E-state index contributed by atoms with van der Waals surface area (Å²) in [6.45, 7) is 8.55. The SMILES string of the molecule is CC(C)C[C@H](NC(=O)[C@H]1N2C(=O)c3ccccc3[C@H]2SC1(C)C)C(=O)NCCc1ccccc1. The number of nitrogens with one attached hydrogen (secondary N) is 2. The molecule has 3 atom stereocenters. The van der Waals surface area contributed by atoms with Gasteiger partial charge in [-0.25, -0.2) is 0 Å². The first kappa shape index (κ1) is 24.3. The van der Waals surface area contributed by atoms with Gasteiger partial charge in [0, 0.05) is 16.9 Å². The molecule has 0 radical (unpaired) electrons. The Morgan fingerprint density at radius 1 is 1.06 bits per heavy atom. The molecule has 2 aliphatic heterocycles. The maximum absolute atomic E-state index is 13.6. The van der Waals surface area contributed by atoms with E-state index in [0.717, 1.165) is 17.5 Å². The third kappa shape index (κ3) is 4.85. The fraction of sp³-hybridized carbons (Fsp3) is 0.444. The second-order valence-corrected chi connectivity index (χ2v) is 11.7. The fourth-order valence-corrected chi connectivity index (χ4v) is 6.44. The van der Waals surface area contributed by atoms with E-state index in [1.54, 1.807) is 16.7 Å². The van der Waals surface area contributed by atoms with Gasteiger partial charge in [-0.2, -0.15) is 0 Å². The lowest BCUT2D eigenvalue weighted by Crippen LogP contribution is -2.57. The van der Waals surface area contributed by atoms with Crippen LogP contribution in [-0.4, -0.2) is 46.0 Å². The predicted octanol–water partition coefficient (Wildman–Crippen LogP) is 3.92. The van der Waals surface area contributed by atoms with Crippen LogP contribution in [-0.2, 0) is 16.0 Å². The van der Waals surface area contributed by atoms with Crippen molar-refractivity contribution >= 4 is 29.5 Å². The van der Waals surface area contributed by atoms with Crippen molar-refractivity contribution in [2.45, 2.75) is 62.7 Å². The summed E-state index contributed by atoms with van der Waals surface area (Å²) < 4.78 is -0.482. The summed E-state index contributed by atoms with van der Waals surface area (Å²) in [6.07, 6.45) is 1.25. The van der Waals surface area contributed by atoms with Crippen LogP contribution in [0.25, 0.3) is 0 Å². The van der Waals surface area contributed by atoms with Crippen molar-refractivity contribution in [2.75, 3.05) is 6.54 Å². The van der Waals surface area contributed by atoms with Crippen molar-refractivity contribution in [3.63, 3.8) is 0 Å². The Labute approximate surface area is 205 Å². The monoisotopic (exact) mass is 479 g/mol. The number of hydrogen-bond donors (Lipinski definition) is 2. The van der Waals surface area contributed by atoms with E-state index in [9.17, 15) is 14.4 Å². The van der Waals surface area contributed by atoms with Gasteiger partial charge in [-0.1, -0.05) is 62.4 Å². The van der Waals surface area contributed by atoms with E-state index < -0.39 is 16.8 Å². The van der Waals surface area contributed by atoms with Crippen molar-refractivity contribution in [1.82, 2.24) is 15.5 Å². The van der Waals surface area contributed by atoms with Gasteiger partial charge >= 0.3 is 0 Å². The summed E-state index contributed by atoms with van der Waals surface area (Å²) >= 11 is 1.63. The molecule has 3 amide bonds. The van der Waals surface area contributed by atoms with Crippen LogP contribution >= 0.6 is 11.8 Å². The summed E-state index contributed by atoms with van der Waals surface area (Å²) in [5, 5.41) is 5.80. The van der Waals surface area contributed by atoms with Gasteiger partial charge in [-0.15, -0.1) is 11.8 Å². The van der Waals surface area contributed by atoms with E-state index in [1.807, 2.05) is 82.3 Å². The topological polar surface area (TPSA) is 78.5 Å². The quantitative estimate of drug-likeness (QED) is 0.602. The Balaban J connectivity index is 1.46. The molecule has 1 fully saturated rings. The highest BCUT2D eigenvalue weighted by atomic mass is 32.2. The van der Waals surface area contributed by atoms with Crippen molar-refractivity contribution in [3.8, 4) is 0 Å². The number of thioether (sulfide) groups is 1. The average Bonchev–Trinajstić information content (AvgIpc) is 3.22. The van der Waals surface area contributed by atoms with Crippen molar-refractivity contribution in [2.24, 2.45) is 5.92 Å². The molecule has 2 N–H and O–H groups in total. The van der Waals surface area contributed by atoms with Crippen LogP contribution in [0.5, 0.6) is 0 Å². The molecule has 180 valence electrons. The van der Waals surface area contributed by atoms with Gasteiger partial charge in [-0.3, -0.25) is 14.4 Å². The minimum atomic E-state index is -0.658. The molecule has 2 heterocycles. The maximum atomic E-state index is 13.6. The van der Waals surface area contributed by atoms with Crippen LogP contribution in [0.15, 0.2) is 54.6 Å². The highest BCUT2D eigenvalue weighted by Crippen LogP contribution is 2.56. The van der Waals surface area contributed by atoms with Crippen molar-refractivity contribution in [1.29, 1.82) is 0 Å². The standard InChI is InChI=1S/C27H33N3O3S/c1-17(2)16-21(23(31)28-15-14-18-10-6-5-7-11-18)29-24(32)22-27(3,4)34-26-20-13-9-8-12-19(20)25(33)30(22)26/h5-13,17,21-22,26H,14-16H2,1-4H3,(H,28,31)(H,29,32)/t21-,22+,26+/m0/s1. The van der Waals surface area contributed by atoms with E-state index in [1.165, 1.54) is 0 Å². The van der Waals surface area contributed by atoms with Crippen LogP contribution < -0.4 is 10.6 Å². The Morgan fingerprint density at radius 2 is 1.74 bits per heavy atom. The molecule has 0 unspecified atom stereocenters. The van der Waals surface area contributed by atoms with E-state index in [4.69, 9.17) is 0 Å². The Bertz CT molecular complexity index is 1070. The van der Waals surface area contributed by atoms with Crippen LogP contribution in [0, 0.1) is 5.92 Å². The summed E-state index contributed by atoms with van der Waals surface area (Å²) in [7, 11) is 0. The number of nitrogens with zero attached hydrogens (tertiary/aromatic N) is 1. The largest absolute Gasteiger partial charge is 0.354 e. The molecule has 1 saturated heterocycles. The van der Waals surface area contributed by atoms with E-state index in [0.29, 0.717) is 18.5 Å². The number of benzene rings is 2. The molecule has 0 spiro atoms. The first-order valence-electron chi connectivity index (χ1n) is 11.9. The highest BCUT2D eigenvalue weighted by molar-refractivity contribution is 8.01. The molecule has 4 rings (SSSR count). The van der Waals surface area contributed by atoms with E-state index >= 15 is 0 Å². The molecule has 0 aliphatic carbocycles. The maximum Gasteiger partial charge on any atom is 0.256 e. The van der Waals surface area contributed by atoms with Gasteiger partial charge in [0.15, 0.2) is 0 Å². The third-order valence-electron chi connectivity index (χ3n) is 6.44. The van der Waals surface area contributed by atoms with Gasteiger partial charge in [-0.05, 0) is 49.8 Å². The smallest absolute Gasteiger partial charge is 0.256 e. The van der Waals surface area contributed by atoms with E-state index in [-0.39, 0.29) is 29.0 Å². The molecule has 2 aromatic rings. The van der Waals surface area contributed by atoms with Crippen molar-refractivity contribution in [3.05, 3.63) is 71.3 Å². The number of rotatable bonds is 8. The van der Waals surface area contributed by atoms with Gasteiger partial charge in [0.25, 0.3) is 5.91 Å². The molecule has 2 aliphatic rings.